The van der Waals surface area contributed by atoms with Crippen molar-refractivity contribution in [2.24, 2.45) is 17.6 Å². The molecule has 24 heavy (non-hydrogen) atoms. The molecule has 0 heterocycles. The SMILES string of the molecule is COC(=O)[C@H](CSC1CCCC1C(C)C)NC(=O)[C@@H](N)CC(=O)O. The van der Waals surface area contributed by atoms with Crippen LogP contribution in [0.2, 0.25) is 0 Å². The van der Waals surface area contributed by atoms with E-state index >= 15 is 0 Å². The Balaban J connectivity index is 2.61. The highest BCUT2D eigenvalue weighted by molar-refractivity contribution is 8.00. The number of hydrogen-bond donors (Lipinski definition) is 3. The van der Waals surface area contributed by atoms with Crippen molar-refractivity contribution in [1.29, 1.82) is 0 Å². The van der Waals surface area contributed by atoms with Crippen LogP contribution in [0.15, 0.2) is 0 Å². The average molecular weight is 360 g/mol. The first-order valence-electron chi connectivity index (χ1n) is 8.23. The molecule has 8 heteroatoms. The number of hydrogen-bond acceptors (Lipinski definition) is 6. The predicted molar refractivity (Wildman–Crippen MR) is 92.6 cm³/mol. The molecule has 2 unspecified atom stereocenters. The number of amides is 1. The van der Waals surface area contributed by atoms with Gasteiger partial charge in [-0.25, -0.2) is 4.79 Å². The molecular formula is C16H28N2O5S. The van der Waals surface area contributed by atoms with E-state index < -0.39 is 36.4 Å². The maximum absolute atomic E-state index is 12.0. The molecule has 1 fully saturated rings. The quantitative estimate of drug-likeness (QED) is 0.525. The molecule has 0 aliphatic heterocycles. The van der Waals surface area contributed by atoms with E-state index in [1.807, 2.05) is 0 Å². The minimum absolute atomic E-state index is 0.395. The Hall–Kier alpha value is -1.28. The van der Waals surface area contributed by atoms with Crippen LogP contribution in [0, 0.1) is 11.8 Å². The molecule has 0 saturated heterocycles. The molecule has 0 bridgehead atoms. The lowest BCUT2D eigenvalue weighted by molar-refractivity contribution is -0.144. The number of carbonyl (C=O) groups is 3. The van der Waals surface area contributed by atoms with Crippen LogP contribution in [-0.4, -0.2) is 53.1 Å². The van der Waals surface area contributed by atoms with Gasteiger partial charge >= 0.3 is 11.9 Å². The fourth-order valence-corrected chi connectivity index (χ4v) is 4.70. The van der Waals surface area contributed by atoms with Gasteiger partial charge in [-0.15, -0.1) is 0 Å². The van der Waals surface area contributed by atoms with E-state index in [-0.39, 0.29) is 0 Å². The Morgan fingerprint density at radius 2 is 2.00 bits per heavy atom. The molecule has 1 rings (SSSR count). The molecule has 4 N–H and O–H groups in total. The van der Waals surface area contributed by atoms with Crippen LogP contribution in [-0.2, 0) is 19.1 Å². The number of nitrogens with one attached hydrogen (secondary N) is 1. The number of aliphatic carboxylic acids is 1. The number of carboxylic acid groups (broad SMARTS) is 1. The van der Waals surface area contributed by atoms with E-state index in [2.05, 4.69) is 19.2 Å². The molecule has 0 aromatic rings. The van der Waals surface area contributed by atoms with E-state index in [1.165, 1.54) is 20.0 Å². The lowest BCUT2D eigenvalue weighted by Gasteiger charge is -2.25. The molecule has 4 atom stereocenters. The summed E-state index contributed by atoms with van der Waals surface area (Å²) in [7, 11) is 1.26. The number of thioether (sulfide) groups is 1. The van der Waals surface area contributed by atoms with Gasteiger partial charge in [0.05, 0.1) is 19.6 Å². The van der Waals surface area contributed by atoms with Crippen molar-refractivity contribution >= 4 is 29.6 Å². The Bertz CT molecular complexity index is 458. The first kappa shape index (κ1) is 20.8. The standard InChI is InChI=1S/C16H28N2O5S/c1-9(2)10-5-4-6-13(10)24-8-12(16(22)23-3)18-15(21)11(17)7-14(19)20/h9-13H,4-8,17H2,1-3H3,(H,18,21)(H,19,20)/t10?,11-,12-,13?/m0/s1. The zero-order valence-electron chi connectivity index (χ0n) is 14.5. The molecule has 1 saturated carbocycles. The van der Waals surface area contributed by atoms with Gasteiger partial charge in [0, 0.05) is 11.0 Å². The summed E-state index contributed by atoms with van der Waals surface area (Å²) in [6.07, 6.45) is 2.99. The molecule has 0 radical (unpaired) electrons. The van der Waals surface area contributed by atoms with Gasteiger partial charge in [-0.05, 0) is 24.7 Å². The zero-order chi connectivity index (χ0) is 18.3. The number of rotatable bonds is 9. The molecule has 138 valence electrons. The van der Waals surface area contributed by atoms with E-state index in [9.17, 15) is 14.4 Å². The summed E-state index contributed by atoms with van der Waals surface area (Å²) in [5.74, 6) is -0.768. The number of nitrogens with two attached hydrogens (primary N) is 1. The summed E-state index contributed by atoms with van der Waals surface area (Å²) >= 11 is 1.67. The van der Waals surface area contributed by atoms with Crippen LogP contribution in [0.3, 0.4) is 0 Å². The second kappa shape index (κ2) is 9.88. The third-order valence-corrected chi connectivity index (χ3v) is 5.91. The number of ether oxygens (including phenoxy) is 1. The average Bonchev–Trinajstić information content (AvgIpc) is 2.98. The van der Waals surface area contributed by atoms with Crippen molar-refractivity contribution in [2.45, 2.75) is 56.9 Å². The molecule has 1 amide bonds. The van der Waals surface area contributed by atoms with Crippen LogP contribution in [0.5, 0.6) is 0 Å². The first-order valence-corrected chi connectivity index (χ1v) is 9.28. The third kappa shape index (κ3) is 6.32. The molecule has 7 nitrogen and oxygen atoms in total. The van der Waals surface area contributed by atoms with E-state index in [4.69, 9.17) is 15.6 Å². The molecular weight excluding hydrogens is 332 g/mol. The van der Waals surface area contributed by atoms with Gasteiger partial charge in [0.1, 0.15) is 6.04 Å². The van der Waals surface area contributed by atoms with Crippen LogP contribution in [0.4, 0.5) is 0 Å². The Morgan fingerprint density at radius 1 is 1.33 bits per heavy atom. The van der Waals surface area contributed by atoms with E-state index in [0.29, 0.717) is 22.8 Å². The van der Waals surface area contributed by atoms with Crippen molar-refractivity contribution in [2.75, 3.05) is 12.9 Å². The Labute approximate surface area is 147 Å². The maximum atomic E-state index is 12.0. The molecule has 1 aliphatic rings. The van der Waals surface area contributed by atoms with Crippen molar-refractivity contribution in [3.63, 3.8) is 0 Å². The smallest absolute Gasteiger partial charge is 0.329 e. The summed E-state index contributed by atoms with van der Waals surface area (Å²) in [6, 6.07) is -2.00. The summed E-state index contributed by atoms with van der Waals surface area (Å²) in [5, 5.41) is 11.7. The fourth-order valence-electron chi connectivity index (χ4n) is 3.01. The highest BCUT2D eigenvalue weighted by atomic mass is 32.2. The lowest BCUT2D eigenvalue weighted by atomic mass is 9.94. The van der Waals surface area contributed by atoms with Gasteiger partial charge in [-0.2, -0.15) is 11.8 Å². The topological polar surface area (TPSA) is 119 Å². The van der Waals surface area contributed by atoms with Gasteiger partial charge < -0.3 is 20.9 Å². The van der Waals surface area contributed by atoms with Crippen LogP contribution < -0.4 is 11.1 Å². The number of methoxy groups -OCH3 is 1. The number of esters is 1. The van der Waals surface area contributed by atoms with Gasteiger partial charge in [-0.1, -0.05) is 20.3 Å². The minimum atomic E-state index is -1.19. The zero-order valence-corrected chi connectivity index (χ0v) is 15.3. The van der Waals surface area contributed by atoms with Crippen molar-refractivity contribution in [3.8, 4) is 0 Å². The highest BCUT2D eigenvalue weighted by Gasteiger charge is 2.32. The summed E-state index contributed by atoms with van der Waals surface area (Å²) < 4.78 is 4.74. The van der Waals surface area contributed by atoms with Gasteiger partial charge in [0.25, 0.3) is 0 Å². The monoisotopic (exact) mass is 360 g/mol. The highest BCUT2D eigenvalue weighted by Crippen LogP contribution is 2.39. The van der Waals surface area contributed by atoms with Gasteiger partial charge in [-0.3, -0.25) is 9.59 Å². The van der Waals surface area contributed by atoms with Crippen molar-refractivity contribution in [3.05, 3.63) is 0 Å². The lowest BCUT2D eigenvalue weighted by Crippen LogP contribution is -2.50. The van der Waals surface area contributed by atoms with E-state index in [1.54, 1.807) is 11.8 Å². The van der Waals surface area contributed by atoms with Crippen molar-refractivity contribution in [1.82, 2.24) is 5.32 Å². The fraction of sp³-hybridized carbons (Fsp3) is 0.812. The Kier molecular flexibility index (Phi) is 8.55. The normalized spacial score (nSPS) is 22.9. The van der Waals surface area contributed by atoms with Crippen LogP contribution in [0.25, 0.3) is 0 Å². The van der Waals surface area contributed by atoms with Crippen molar-refractivity contribution < 1.29 is 24.2 Å². The molecule has 0 aromatic carbocycles. The molecule has 0 aromatic heterocycles. The van der Waals surface area contributed by atoms with Gasteiger partial charge in [0.2, 0.25) is 5.91 Å². The first-order chi connectivity index (χ1) is 11.3. The number of carboxylic acids is 1. The predicted octanol–water partition coefficient (Wildman–Crippen LogP) is 1.00. The summed E-state index contributed by atoms with van der Waals surface area (Å²) in [4.78, 5) is 34.5. The summed E-state index contributed by atoms with van der Waals surface area (Å²) in [5.41, 5.74) is 5.54. The third-order valence-electron chi connectivity index (χ3n) is 4.37. The molecule has 1 aliphatic carbocycles. The minimum Gasteiger partial charge on any atom is -0.481 e. The molecule has 0 spiro atoms. The number of carbonyl (C=O) groups excluding carboxylic acids is 2. The van der Waals surface area contributed by atoms with Gasteiger partial charge in [0.15, 0.2) is 0 Å². The largest absolute Gasteiger partial charge is 0.481 e. The summed E-state index contributed by atoms with van der Waals surface area (Å²) in [6.45, 7) is 4.40. The second-order valence-electron chi connectivity index (χ2n) is 6.50. The van der Waals surface area contributed by atoms with E-state index in [0.717, 1.165) is 6.42 Å². The Morgan fingerprint density at radius 3 is 2.54 bits per heavy atom. The van der Waals surface area contributed by atoms with Crippen LogP contribution in [0.1, 0.15) is 39.5 Å². The maximum Gasteiger partial charge on any atom is 0.329 e. The van der Waals surface area contributed by atoms with Crippen LogP contribution >= 0.6 is 11.8 Å². The second-order valence-corrected chi connectivity index (χ2v) is 7.77.